The number of hydrogen-bond acceptors (Lipinski definition) is 4. The van der Waals surface area contributed by atoms with E-state index in [0.29, 0.717) is 17.1 Å². The van der Waals surface area contributed by atoms with Gasteiger partial charge in [0.2, 0.25) is 0 Å². The van der Waals surface area contributed by atoms with E-state index in [1.165, 1.54) is 0 Å². The molecule has 3 N–H and O–H groups in total. The molecule has 0 aliphatic rings. The average Bonchev–Trinajstić information content (AvgIpc) is 2.41. The van der Waals surface area contributed by atoms with Gasteiger partial charge in [-0.05, 0) is 31.2 Å². The fourth-order valence-corrected chi connectivity index (χ4v) is 2.05. The van der Waals surface area contributed by atoms with Gasteiger partial charge in [-0.15, -0.1) is 0 Å². The van der Waals surface area contributed by atoms with Crippen LogP contribution in [0.4, 0.5) is 5.82 Å². The van der Waals surface area contributed by atoms with Crippen molar-refractivity contribution in [1.82, 2.24) is 9.97 Å². The van der Waals surface area contributed by atoms with Crippen molar-refractivity contribution in [2.45, 2.75) is 6.92 Å². The Morgan fingerprint density at radius 2 is 1.68 bits per heavy atom. The molecule has 0 radical (unpaired) electrons. The molecular formula is C15H13N3O. The van der Waals surface area contributed by atoms with E-state index in [-0.39, 0.29) is 5.75 Å². The van der Waals surface area contributed by atoms with Gasteiger partial charge >= 0.3 is 0 Å². The Bertz CT molecular complexity index is 768. The van der Waals surface area contributed by atoms with E-state index in [9.17, 15) is 5.11 Å². The molecule has 0 aliphatic carbocycles. The number of nitrogen functional groups attached to an aromatic ring is 1. The van der Waals surface area contributed by atoms with Crippen molar-refractivity contribution in [2.24, 2.45) is 0 Å². The van der Waals surface area contributed by atoms with E-state index in [2.05, 4.69) is 9.97 Å². The molecule has 0 unspecified atom stereocenters. The topological polar surface area (TPSA) is 72.0 Å². The van der Waals surface area contributed by atoms with Crippen LogP contribution in [0, 0.1) is 6.92 Å². The van der Waals surface area contributed by atoms with Crippen LogP contribution in [0.5, 0.6) is 5.75 Å². The van der Waals surface area contributed by atoms with E-state index in [0.717, 1.165) is 16.6 Å². The van der Waals surface area contributed by atoms with Crippen molar-refractivity contribution in [3.8, 4) is 17.0 Å². The molecule has 4 heteroatoms. The molecule has 0 spiro atoms. The standard InChI is InChI=1S/C15H13N3O/c1-9-6-7-13(19)10(8-9)14-15(16)18-12-5-3-2-4-11(12)17-14/h2-8,19H,1H3,(H2,16,18). The number of rotatable bonds is 1. The monoisotopic (exact) mass is 251 g/mol. The molecule has 0 saturated carbocycles. The minimum atomic E-state index is 0.155. The molecule has 3 rings (SSSR count). The molecular weight excluding hydrogens is 238 g/mol. The molecule has 1 heterocycles. The van der Waals surface area contributed by atoms with Crippen LogP contribution in [0.3, 0.4) is 0 Å². The summed E-state index contributed by atoms with van der Waals surface area (Å²) in [6.45, 7) is 1.95. The van der Waals surface area contributed by atoms with Gasteiger partial charge in [-0.2, -0.15) is 0 Å². The van der Waals surface area contributed by atoms with Gasteiger partial charge in [0, 0.05) is 5.56 Å². The summed E-state index contributed by atoms with van der Waals surface area (Å²) in [6.07, 6.45) is 0. The first-order valence-electron chi connectivity index (χ1n) is 5.97. The van der Waals surface area contributed by atoms with E-state index in [1.807, 2.05) is 43.3 Å². The highest BCUT2D eigenvalue weighted by Crippen LogP contribution is 2.32. The van der Waals surface area contributed by atoms with Crippen molar-refractivity contribution in [3.63, 3.8) is 0 Å². The number of anilines is 1. The summed E-state index contributed by atoms with van der Waals surface area (Å²) < 4.78 is 0. The first kappa shape index (κ1) is 11.5. The van der Waals surface area contributed by atoms with Gasteiger partial charge in [-0.25, -0.2) is 9.97 Å². The number of hydrogen-bond donors (Lipinski definition) is 2. The van der Waals surface area contributed by atoms with Crippen LogP contribution >= 0.6 is 0 Å². The van der Waals surface area contributed by atoms with Crippen LogP contribution in [-0.2, 0) is 0 Å². The number of aromatic nitrogens is 2. The number of benzene rings is 2. The molecule has 0 amide bonds. The highest BCUT2D eigenvalue weighted by Gasteiger charge is 2.12. The Morgan fingerprint density at radius 1 is 1.00 bits per heavy atom. The average molecular weight is 251 g/mol. The molecule has 4 nitrogen and oxygen atoms in total. The third-order valence-electron chi connectivity index (χ3n) is 3.00. The predicted molar refractivity (Wildman–Crippen MR) is 75.8 cm³/mol. The van der Waals surface area contributed by atoms with Gasteiger partial charge in [0.05, 0.1) is 11.0 Å². The summed E-state index contributed by atoms with van der Waals surface area (Å²) in [5.74, 6) is 0.474. The fourth-order valence-electron chi connectivity index (χ4n) is 2.05. The summed E-state index contributed by atoms with van der Waals surface area (Å²) in [7, 11) is 0. The Labute approximate surface area is 110 Å². The maximum atomic E-state index is 9.96. The number of nitrogens with two attached hydrogens (primary N) is 1. The normalized spacial score (nSPS) is 10.8. The summed E-state index contributed by atoms with van der Waals surface area (Å²) in [4.78, 5) is 8.83. The first-order chi connectivity index (χ1) is 9.15. The summed E-state index contributed by atoms with van der Waals surface area (Å²) in [5, 5.41) is 9.96. The molecule has 0 bridgehead atoms. The lowest BCUT2D eigenvalue weighted by atomic mass is 10.1. The maximum absolute atomic E-state index is 9.96. The Morgan fingerprint density at radius 3 is 2.42 bits per heavy atom. The largest absolute Gasteiger partial charge is 0.507 e. The lowest BCUT2D eigenvalue weighted by molar-refractivity contribution is 0.477. The van der Waals surface area contributed by atoms with Crippen LogP contribution in [0.15, 0.2) is 42.5 Å². The van der Waals surface area contributed by atoms with Crippen LogP contribution in [0.2, 0.25) is 0 Å². The maximum Gasteiger partial charge on any atom is 0.150 e. The zero-order chi connectivity index (χ0) is 13.4. The third kappa shape index (κ3) is 1.97. The van der Waals surface area contributed by atoms with Crippen LogP contribution < -0.4 is 5.73 Å². The summed E-state index contributed by atoms with van der Waals surface area (Å²) in [5.41, 5.74) is 9.61. The van der Waals surface area contributed by atoms with Gasteiger partial charge in [-0.1, -0.05) is 23.8 Å². The highest BCUT2D eigenvalue weighted by atomic mass is 16.3. The number of nitrogens with zero attached hydrogens (tertiary/aromatic N) is 2. The third-order valence-corrected chi connectivity index (χ3v) is 3.00. The fraction of sp³-hybridized carbons (Fsp3) is 0.0667. The number of aryl methyl sites for hydroxylation is 1. The SMILES string of the molecule is Cc1ccc(O)c(-c2nc3ccccc3nc2N)c1. The van der Waals surface area contributed by atoms with Crippen molar-refractivity contribution in [3.05, 3.63) is 48.0 Å². The molecule has 1 aromatic heterocycles. The van der Waals surface area contributed by atoms with Gasteiger partial charge in [0.25, 0.3) is 0 Å². The van der Waals surface area contributed by atoms with Crippen molar-refractivity contribution < 1.29 is 5.11 Å². The second-order valence-corrected chi connectivity index (χ2v) is 4.47. The second-order valence-electron chi connectivity index (χ2n) is 4.47. The summed E-state index contributed by atoms with van der Waals surface area (Å²) >= 11 is 0. The summed E-state index contributed by atoms with van der Waals surface area (Å²) in [6, 6.07) is 12.8. The van der Waals surface area contributed by atoms with E-state index >= 15 is 0 Å². The van der Waals surface area contributed by atoms with Gasteiger partial charge in [0.15, 0.2) is 5.82 Å². The second kappa shape index (κ2) is 4.24. The molecule has 0 saturated heterocycles. The number of fused-ring (bicyclic) bond motifs is 1. The molecule has 2 aromatic carbocycles. The Hall–Kier alpha value is -2.62. The van der Waals surface area contributed by atoms with Gasteiger partial charge < -0.3 is 10.8 Å². The van der Waals surface area contributed by atoms with E-state index < -0.39 is 0 Å². The number of para-hydroxylation sites is 2. The van der Waals surface area contributed by atoms with Crippen LogP contribution in [0.1, 0.15) is 5.56 Å². The molecule has 3 aromatic rings. The van der Waals surface area contributed by atoms with Gasteiger partial charge in [-0.3, -0.25) is 0 Å². The number of aromatic hydroxyl groups is 1. The minimum Gasteiger partial charge on any atom is -0.507 e. The zero-order valence-electron chi connectivity index (χ0n) is 10.5. The van der Waals surface area contributed by atoms with Crippen LogP contribution in [-0.4, -0.2) is 15.1 Å². The van der Waals surface area contributed by atoms with Crippen molar-refractivity contribution in [1.29, 1.82) is 0 Å². The number of phenolic OH excluding ortho intramolecular Hbond substituents is 1. The van der Waals surface area contributed by atoms with Crippen LogP contribution in [0.25, 0.3) is 22.3 Å². The minimum absolute atomic E-state index is 0.155. The molecule has 94 valence electrons. The molecule has 19 heavy (non-hydrogen) atoms. The zero-order valence-corrected chi connectivity index (χ0v) is 10.5. The smallest absolute Gasteiger partial charge is 0.150 e. The van der Waals surface area contributed by atoms with Crippen molar-refractivity contribution in [2.75, 3.05) is 5.73 Å². The lowest BCUT2D eigenvalue weighted by Crippen LogP contribution is -1.98. The highest BCUT2D eigenvalue weighted by molar-refractivity contribution is 5.84. The van der Waals surface area contributed by atoms with Gasteiger partial charge in [0.1, 0.15) is 11.4 Å². The van der Waals surface area contributed by atoms with Crippen molar-refractivity contribution >= 4 is 16.9 Å². The Kier molecular flexibility index (Phi) is 2.56. The first-order valence-corrected chi connectivity index (χ1v) is 5.97. The lowest BCUT2D eigenvalue weighted by Gasteiger charge is -2.09. The predicted octanol–water partition coefficient (Wildman–Crippen LogP) is 2.89. The molecule has 0 atom stereocenters. The quantitative estimate of drug-likeness (QED) is 0.697. The van der Waals surface area contributed by atoms with E-state index in [4.69, 9.17) is 5.73 Å². The van der Waals surface area contributed by atoms with E-state index in [1.54, 1.807) is 6.07 Å². The Balaban J connectivity index is 2.30. The molecule has 0 fully saturated rings. The molecule has 0 aliphatic heterocycles. The number of phenols is 1.